The third-order valence-corrected chi connectivity index (χ3v) is 1.72. The van der Waals surface area contributed by atoms with E-state index in [0.29, 0.717) is 18.6 Å². The second kappa shape index (κ2) is 4.62. The highest BCUT2D eigenvalue weighted by atomic mass is 16.5. The van der Waals surface area contributed by atoms with Crippen LogP contribution >= 0.6 is 0 Å². The van der Waals surface area contributed by atoms with E-state index in [1.807, 2.05) is 0 Å². The Balaban J connectivity index is 2.61. The molecule has 0 radical (unpaired) electrons. The van der Waals surface area contributed by atoms with Crippen LogP contribution in [0.3, 0.4) is 0 Å². The number of aromatic hydroxyl groups is 1. The van der Waals surface area contributed by atoms with Crippen molar-refractivity contribution >= 4 is 5.78 Å². The Bertz CT molecular complexity index is 277. The third-order valence-electron chi connectivity index (χ3n) is 1.72. The van der Waals surface area contributed by atoms with Crippen LogP contribution in [-0.2, 0) is 4.74 Å². The summed E-state index contributed by atoms with van der Waals surface area (Å²) >= 11 is 0. The number of ketones is 1. The first kappa shape index (κ1) is 9.74. The smallest absolute Gasteiger partial charge is 0.165 e. The maximum absolute atomic E-state index is 11.4. The Kier molecular flexibility index (Phi) is 3.46. The van der Waals surface area contributed by atoms with Gasteiger partial charge in [0, 0.05) is 19.1 Å². The van der Waals surface area contributed by atoms with Crippen molar-refractivity contribution < 1.29 is 14.6 Å². The van der Waals surface area contributed by atoms with E-state index in [4.69, 9.17) is 9.84 Å². The SMILES string of the molecule is COCCC(=O)c1ccc(O)cc1. The summed E-state index contributed by atoms with van der Waals surface area (Å²) in [7, 11) is 1.56. The largest absolute Gasteiger partial charge is 0.508 e. The van der Waals surface area contributed by atoms with Gasteiger partial charge in [0.25, 0.3) is 0 Å². The molecule has 13 heavy (non-hydrogen) atoms. The van der Waals surface area contributed by atoms with E-state index in [2.05, 4.69) is 0 Å². The molecule has 3 heteroatoms. The van der Waals surface area contributed by atoms with Crippen molar-refractivity contribution in [3.05, 3.63) is 29.8 Å². The van der Waals surface area contributed by atoms with Crippen molar-refractivity contribution in [2.24, 2.45) is 0 Å². The fourth-order valence-electron chi connectivity index (χ4n) is 0.986. The number of ether oxygens (including phenoxy) is 1. The summed E-state index contributed by atoms with van der Waals surface area (Å²) in [6.45, 7) is 0.430. The van der Waals surface area contributed by atoms with Gasteiger partial charge in [0.05, 0.1) is 6.61 Å². The fourth-order valence-corrected chi connectivity index (χ4v) is 0.986. The Hall–Kier alpha value is -1.35. The lowest BCUT2D eigenvalue weighted by atomic mass is 10.1. The van der Waals surface area contributed by atoms with Crippen LogP contribution < -0.4 is 0 Å². The highest BCUT2D eigenvalue weighted by molar-refractivity contribution is 5.96. The Morgan fingerprint density at radius 3 is 2.54 bits per heavy atom. The minimum Gasteiger partial charge on any atom is -0.508 e. The minimum atomic E-state index is 0.0295. The number of methoxy groups -OCH3 is 1. The van der Waals surface area contributed by atoms with E-state index in [9.17, 15) is 4.79 Å². The molecular formula is C10H12O3. The minimum absolute atomic E-state index is 0.0295. The number of hydrogen-bond acceptors (Lipinski definition) is 3. The zero-order valence-corrected chi connectivity index (χ0v) is 7.49. The molecule has 1 aromatic rings. The summed E-state index contributed by atoms with van der Waals surface area (Å²) in [6.07, 6.45) is 0.376. The molecule has 0 bridgehead atoms. The molecule has 3 nitrogen and oxygen atoms in total. The molecule has 1 aromatic carbocycles. The van der Waals surface area contributed by atoms with E-state index < -0.39 is 0 Å². The summed E-state index contributed by atoms with van der Waals surface area (Å²) in [4.78, 5) is 11.4. The monoisotopic (exact) mass is 180 g/mol. The van der Waals surface area contributed by atoms with Crippen LogP contribution in [0, 0.1) is 0 Å². The van der Waals surface area contributed by atoms with Gasteiger partial charge in [0.2, 0.25) is 0 Å². The number of rotatable bonds is 4. The van der Waals surface area contributed by atoms with Crippen molar-refractivity contribution in [2.45, 2.75) is 6.42 Å². The quantitative estimate of drug-likeness (QED) is 0.716. The Morgan fingerprint density at radius 2 is 2.00 bits per heavy atom. The third kappa shape index (κ3) is 2.87. The number of hydrogen-bond donors (Lipinski definition) is 1. The van der Waals surface area contributed by atoms with Crippen LogP contribution in [0.5, 0.6) is 5.75 Å². The van der Waals surface area contributed by atoms with Crippen molar-refractivity contribution in [3.63, 3.8) is 0 Å². The molecule has 0 aliphatic rings. The maximum Gasteiger partial charge on any atom is 0.165 e. The van der Waals surface area contributed by atoms with Gasteiger partial charge in [-0.3, -0.25) is 4.79 Å². The van der Waals surface area contributed by atoms with Crippen LogP contribution in [0.25, 0.3) is 0 Å². The van der Waals surface area contributed by atoms with Gasteiger partial charge in [-0.15, -0.1) is 0 Å². The highest BCUT2D eigenvalue weighted by Crippen LogP contribution is 2.11. The summed E-state index contributed by atoms with van der Waals surface area (Å²) in [5.74, 6) is 0.199. The summed E-state index contributed by atoms with van der Waals surface area (Å²) in [6, 6.07) is 6.21. The molecular weight excluding hydrogens is 168 g/mol. The standard InChI is InChI=1S/C10H12O3/c1-13-7-6-10(12)8-2-4-9(11)5-3-8/h2-5,11H,6-7H2,1H3. The van der Waals surface area contributed by atoms with Gasteiger partial charge in [0.1, 0.15) is 5.75 Å². The lowest BCUT2D eigenvalue weighted by Gasteiger charge is -1.99. The van der Waals surface area contributed by atoms with Gasteiger partial charge in [0.15, 0.2) is 5.78 Å². The van der Waals surface area contributed by atoms with Crippen LogP contribution in [-0.4, -0.2) is 24.6 Å². The summed E-state index contributed by atoms with van der Waals surface area (Å²) in [5, 5.41) is 8.98. The van der Waals surface area contributed by atoms with E-state index in [1.165, 1.54) is 12.1 Å². The fraction of sp³-hybridized carbons (Fsp3) is 0.300. The van der Waals surface area contributed by atoms with Crippen LogP contribution in [0.15, 0.2) is 24.3 Å². The molecule has 0 saturated carbocycles. The second-order valence-corrected chi connectivity index (χ2v) is 2.71. The molecule has 0 heterocycles. The molecule has 0 atom stereocenters. The molecule has 0 aliphatic carbocycles. The number of phenols is 1. The molecule has 70 valence electrons. The molecule has 0 unspecified atom stereocenters. The number of phenolic OH excluding ortho intramolecular Hbond substituents is 1. The Labute approximate surface area is 77.0 Å². The highest BCUT2D eigenvalue weighted by Gasteiger charge is 2.04. The Morgan fingerprint density at radius 1 is 1.38 bits per heavy atom. The molecule has 0 amide bonds. The molecule has 1 N–H and O–H groups in total. The second-order valence-electron chi connectivity index (χ2n) is 2.71. The van der Waals surface area contributed by atoms with Gasteiger partial charge < -0.3 is 9.84 Å². The lowest BCUT2D eigenvalue weighted by Crippen LogP contribution is -2.02. The van der Waals surface area contributed by atoms with E-state index in [-0.39, 0.29) is 11.5 Å². The van der Waals surface area contributed by atoms with Crippen molar-refractivity contribution in [3.8, 4) is 5.75 Å². The molecule has 0 saturated heterocycles. The topological polar surface area (TPSA) is 46.5 Å². The molecule has 0 aliphatic heterocycles. The predicted octanol–water partition coefficient (Wildman–Crippen LogP) is 1.61. The van der Waals surface area contributed by atoms with Gasteiger partial charge in [-0.25, -0.2) is 0 Å². The first-order valence-corrected chi connectivity index (χ1v) is 4.05. The first-order chi connectivity index (χ1) is 6.24. The molecule has 0 fully saturated rings. The van der Waals surface area contributed by atoms with E-state index in [1.54, 1.807) is 19.2 Å². The van der Waals surface area contributed by atoms with Gasteiger partial charge >= 0.3 is 0 Å². The van der Waals surface area contributed by atoms with Gasteiger partial charge in [-0.2, -0.15) is 0 Å². The number of Topliss-reactive ketones (excluding diaryl/α,β-unsaturated/α-hetero) is 1. The average Bonchev–Trinajstić information content (AvgIpc) is 2.15. The van der Waals surface area contributed by atoms with Crippen molar-refractivity contribution in [1.29, 1.82) is 0 Å². The van der Waals surface area contributed by atoms with Crippen LogP contribution in [0.1, 0.15) is 16.8 Å². The number of carbonyl (C=O) groups excluding carboxylic acids is 1. The molecule has 0 aromatic heterocycles. The average molecular weight is 180 g/mol. The number of benzene rings is 1. The predicted molar refractivity (Wildman–Crippen MR) is 48.9 cm³/mol. The molecule has 1 rings (SSSR count). The number of carbonyl (C=O) groups is 1. The van der Waals surface area contributed by atoms with Crippen LogP contribution in [0.2, 0.25) is 0 Å². The normalized spacial score (nSPS) is 9.92. The zero-order valence-electron chi connectivity index (χ0n) is 7.49. The van der Waals surface area contributed by atoms with E-state index >= 15 is 0 Å². The van der Waals surface area contributed by atoms with Crippen molar-refractivity contribution in [2.75, 3.05) is 13.7 Å². The van der Waals surface area contributed by atoms with Crippen LogP contribution in [0.4, 0.5) is 0 Å². The maximum atomic E-state index is 11.4. The van der Waals surface area contributed by atoms with Gasteiger partial charge in [-0.05, 0) is 24.3 Å². The van der Waals surface area contributed by atoms with Gasteiger partial charge in [-0.1, -0.05) is 0 Å². The zero-order chi connectivity index (χ0) is 9.68. The lowest BCUT2D eigenvalue weighted by molar-refractivity contribution is 0.0932. The summed E-state index contributed by atoms with van der Waals surface area (Å²) < 4.78 is 4.79. The summed E-state index contributed by atoms with van der Waals surface area (Å²) in [5.41, 5.74) is 0.606. The molecule has 0 spiro atoms. The van der Waals surface area contributed by atoms with E-state index in [0.717, 1.165) is 0 Å². The van der Waals surface area contributed by atoms with Crippen molar-refractivity contribution in [1.82, 2.24) is 0 Å². The first-order valence-electron chi connectivity index (χ1n) is 4.05.